The summed E-state index contributed by atoms with van der Waals surface area (Å²) in [6, 6.07) is 14.6. The lowest BCUT2D eigenvalue weighted by Gasteiger charge is -2.22. The van der Waals surface area contributed by atoms with Crippen molar-refractivity contribution < 1.29 is 29.5 Å². The molecule has 4 rings (SSSR count). The Bertz CT molecular complexity index is 1790. The molecule has 0 saturated heterocycles. The predicted octanol–water partition coefficient (Wildman–Crippen LogP) is 4.97. The van der Waals surface area contributed by atoms with Gasteiger partial charge in [-0.05, 0) is 58.0 Å². The molecule has 0 radical (unpaired) electrons. The second-order valence-corrected chi connectivity index (χ2v) is 12.1. The molecule has 0 fully saturated rings. The number of rotatable bonds is 9. The van der Waals surface area contributed by atoms with Crippen LogP contribution in [-0.2, 0) is 24.0 Å². The van der Waals surface area contributed by atoms with Crippen LogP contribution < -0.4 is 14.8 Å². The Kier molecular flexibility index (Phi) is 8.38. The number of hydrogen-bond donors (Lipinski definition) is 1. The lowest BCUT2D eigenvalue weighted by Crippen LogP contribution is -2.29. The maximum atomic E-state index is 12.6. The van der Waals surface area contributed by atoms with E-state index in [1.54, 1.807) is 0 Å². The van der Waals surface area contributed by atoms with E-state index in [2.05, 4.69) is 13.2 Å². The van der Waals surface area contributed by atoms with Crippen molar-refractivity contribution in [2.24, 2.45) is 0 Å². The highest BCUT2D eigenvalue weighted by Crippen LogP contribution is 2.43. The molecular formula is C27H30ClN2O7S2+. The number of benzene rings is 3. The molecule has 9 nitrogen and oxygen atoms in total. The average Bonchev–Trinajstić information content (AvgIpc) is 2.92. The molecule has 39 heavy (non-hydrogen) atoms. The van der Waals surface area contributed by atoms with Crippen LogP contribution >= 0.6 is 11.9 Å². The van der Waals surface area contributed by atoms with Crippen molar-refractivity contribution in [1.82, 2.24) is 4.58 Å². The molecule has 0 spiro atoms. The molecule has 1 aliphatic carbocycles. The van der Waals surface area contributed by atoms with E-state index in [1.165, 1.54) is 12.1 Å². The fraction of sp³-hybridized carbons (Fsp3) is 0.296. The zero-order chi connectivity index (χ0) is 28.5. The molecule has 2 aliphatic rings. The molecule has 12 heteroatoms. The van der Waals surface area contributed by atoms with Crippen LogP contribution in [0.1, 0.15) is 27.7 Å². The molecule has 1 heterocycles. The van der Waals surface area contributed by atoms with Gasteiger partial charge in [-0.1, -0.05) is 6.07 Å². The molecule has 1 aliphatic heterocycles. The van der Waals surface area contributed by atoms with Crippen LogP contribution in [0.25, 0.3) is 33.4 Å². The van der Waals surface area contributed by atoms with Gasteiger partial charge in [-0.3, -0.25) is 4.55 Å². The van der Waals surface area contributed by atoms with Crippen molar-refractivity contribution in [3.63, 3.8) is 0 Å². The van der Waals surface area contributed by atoms with Gasteiger partial charge in [0.2, 0.25) is 5.36 Å². The first-order valence-electron chi connectivity index (χ1n) is 12.5. The summed E-state index contributed by atoms with van der Waals surface area (Å²) in [5.74, 6) is 0.501. The molecule has 0 saturated carbocycles. The Balaban J connectivity index is 2.18. The Morgan fingerprint density at radius 2 is 1.56 bits per heavy atom. The number of hydrogen-bond acceptors (Lipinski definition) is 7. The van der Waals surface area contributed by atoms with Crippen LogP contribution in [0.5, 0.6) is 0 Å². The van der Waals surface area contributed by atoms with E-state index < -0.39 is 30.0 Å². The molecule has 1 N–H and O–H groups in total. The van der Waals surface area contributed by atoms with Gasteiger partial charge >= 0.3 is 10.1 Å². The summed E-state index contributed by atoms with van der Waals surface area (Å²) in [6.45, 7) is 11.3. The zero-order valence-electron chi connectivity index (χ0n) is 22.0. The fourth-order valence-corrected chi connectivity index (χ4v) is 6.43. The number of anilines is 1. The standard InChI is InChI=1S/C27H29ClN2O7S2/c1-5-29(6-2)18-9-12-21-24(15-18)36-25-16-19(30(7-3)8-4)10-13-22(25)27(21)23-14-11-20(39(34,35)37-28)17-26(23)38(31,32)33/h9-17H,5-8H2,1-4H3/p+1. The van der Waals surface area contributed by atoms with Crippen LogP contribution in [0.4, 0.5) is 5.69 Å². The molecule has 2 aromatic rings. The smallest absolute Gasteiger partial charge is 0.312 e. The second kappa shape index (κ2) is 11.3. The van der Waals surface area contributed by atoms with Crippen LogP contribution in [0.3, 0.4) is 0 Å². The summed E-state index contributed by atoms with van der Waals surface area (Å²) in [4.78, 5) is 1.03. The maximum absolute atomic E-state index is 12.6. The minimum Gasteiger partial charge on any atom is -0.456 e. The minimum absolute atomic E-state index is 0.100. The largest absolute Gasteiger partial charge is 0.456 e. The van der Waals surface area contributed by atoms with Gasteiger partial charge in [0, 0.05) is 53.0 Å². The molecule has 0 amide bonds. The quantitative estimate of drug-likeness (QED) is 0.164. The third-order valence-corrected chi connectivity index (χ3v) is 9.21. The Labute approximate surface area is 233 Å². The summed E-state index contributed by atoms with van der Waals surface area (Å²) in [7, 11) is -9.33. The van der Waals surface area contributed by atoms with Gasteiger partial charge < -0.3 is 9.32 Å². The molecule has 0 atom stereocenters. The van der Waals surface area contributed by atoms with Gasteiger partial charge in [0.25, 0.3) is 10.1 Å². The van der Waals surface area contributed by atoms with Crippen molar-refractivity contribution in [1.29, 1.82) is 0 Å². The topological polar surface area (TPSA) is 117 Å². The Hall–Kier alpha value is -2.96. The van der Waals surface area contributed by atoms with Crippen LogP contribution in [0, 0.1) is 0 Å². The van der Waals surface area contributed by atoms with Crippen molar-refractivity contribution in [2.45, 2.75) is 37.5 Å². The molecular weight excluding hydrogens is 564 g/mol. The first-order valence-corrected chi connectivity index (χ1v) is 15.6. The van der Waals surface area contributed by atoms with Gasteiger partial charge in [-0.15, -0.1) is 0 Å². The van der Waals surface area contributed by atoms with Crippen molar-refractivity contribution in [3.05, 3.63) is 60.0 Å². The summed E-state index contributed by atoms with van der Waals surface area (Å²) in [6.07, 6.45) is 0. The summed E-state index contributed by atoms with van der Waals surface area (Å²) in [5.41, 5.74) is 2.58. The SMILES string of the molecule is CCN(CC)c1ccc2c(-c3ccc(S(=O)(=O)OCl)cc3S(=O)(=O)O)c3ccc(=[N+](CC)CC)cc-3oc2c1. The van der Waals surface area contributed by atoms with E-state index >= 15 is 0 Å². The molecule has 0 unspecified atom stereocenters. The van der Waals surface area contributed by atoms with E-state index in [1.807, 2.05) is 64.1 Å². The highest BCUT2D eigenvalue weighted by atomic mass is 35.5. The first-order chi connectivity index (χ1) is 18.5. The van der Waals surface area contributed by atoms with Gasteiger partial charge in [0.05, 0.1) is 22.8 Å². The normalized spacial score (nSPS) is 12.3. The fourth-order valence-electron chi connectivity index (χ4n) is 4.84. The lowest BCUT2D eigenvalue weighted by atomic mass is 9.93. The van der Waals surface area contributed by atoms with E-state index in [0.29, 0.717) is 27.9 Å². The van der Waals surface area contributed by atoms with Crippen LogP contribution in [-0.4, -0.2) is 47.6 Å². The van der Waals surface area contributed by atoms with Gasteiger partial charge in [-0.25, -0.2) is 4.58 Å². The second-order valence-electron chi connectivity index (χ2n) is 8.83. The number of halogens is 1. The highest BCUT2D eigenvalue weighted by Gasteiger charge is 2.27. The number of nitrogens with zero attached hydrogens (tertiary/aromatic N) is 2. The molecule has 0 bridgehead atoms. The van der Waals surface area contributed by atoms with Crippen molar-refractivity contribution in [3.8, 4) is 22.5 Å². The van der Waals surface area contributed by atoms with Crippen molar-refractivity contribution >= 4 is 48.8 Å². The van der Waals surface area contributed by atoms with Crippen molar-refractivity contribution in [2.75, 3.05) is 31.1 Å². The Morgan fingerprint density at radius 1 is 0.897 bits per heavy atom. The third kappa shape index (κ3) is 5.55. The zero-order valence-corrected chi connectivity index (χ0v) is 24.4. The predicted molar refractivity (Wildman–Crippen MR) is 152 cm³/mol. The summed E-state index contributed by atoms with van der Waals surface area (Å²) in [5, 5.41) is 1.51. The third-order valence-electron chi connectivity index (χ3n) is 6.82. The van der Waals surface area contributed by atoms with Crippen LogP contribution in [0.15, 0.2) is 68.8 Å². The molecule has 0 aromatic heterocycles. The molecule has 2 aromatic carbocycles. The first kappa shape index (κ1) is 29.0. The summed E-state index contributed by atoms with van der Waals surface area (Å²) < 4.78 is 72.3. The van der Waals surface area contributed by atoms with E-state index in [-0.39, 0.29) is 5.56 Å². The monoisotopic (exact) mass is 593 g/mol. The average molecular weight is 594 g/mol. The van der Waals surface area contributed by atoms with E-state index in [9.17, 15) is 21.4 Å². The number of fused-ring (bicyclic) bond motifs is 2. The summed E-state index contributed by atoms with van der Waals surface area (Å²) >= 11 is 5.12. The molecule has 208 valence electrons. The highest BCUT2D eigenvalue weighted by molar-refractivity contribution is 7.87. The van der Waals surface area contributed by atoms with Crippen LogP contribution in [0.2, 0.25) is 0 Å². The maximum Gasteiger partial charge on any atom is 0.312 e. The minimum atomic E-state index is -4.88. The van der Waals surface area contributed by atoms with Gasteiger partial charge in [0.1, 0.15) is 29.3 Å². The van der Waals surface area contributed by atoms with E-state index in [4.69, 9.17) is 16.3 Å². The van der Waals surface area contributed by atoms with E-state index in [0.717, 1.165) is 43.3 Å². The van der Waals surface area contributed by atoms with Gasteiger partial charge in [0.15, 0.2) is 0 Å². The Morgan fingerprint density at radius 3 is 2.15 bits per heavy atom. The lowest BCUT2D eigenvalue weighted by molar-refractivity contribution is 0.483. The van der Waals surface area contributed by atoms with Gasteiger partial charge in [-0.2, -0.15) is 20.6 Å².